The minimum atomic E-state index is 0.0160. The first kappa shape index (κ1) is 17.4. The average molecular weight is 404 g/mol. The molecule has 3 aromatic rings. The third-order valence-electron chi connectivity index (χ3n) is 3.88. The molecule has 0 atom stereocenters. The van der Waals surface area contributed by atoms with Crippen molar-refractivity contribution in [2.45, 2.75) is 0 Å². The van der Waals surface area contributed by atoms with Gasteiger partial charge in [-0.05, 0) is 0 Å². The van der Waals surface area contributed by atoms with Crippen LogP contribution in [0.5, 0.6) is 23.0 Å². The monoisotopic (exact) mass is 405 g/mol. The van der Waals surface area contributed by atoms with Crippen LogP contribution in [0.1, 0.15) is 0 Å². The molecule has 3 rings (SSSR count). The van der Waals surface area contributed by atoms with Gasteiger partial charge in [-0.1, -0.05) is 0 Å². The minimum absolute atomic E-state index is 0.0160. The van der Waals surface area contributed by atoms with Gasteiger partial charge in [0.05, 0.1) is 0 Å². The van der Waals surface area contributed by atoms with E-state index in [2.05, 4.69) is 10.0 Å². The summed E-state index contributed by atoms with van der Waals surface area (Å²) in [5, 5.41) is 0. The number of hydrogen-bond acceptors (Lipinski definition) is 5. The molecule has 25 heavy (non-hydrogen) atoms. The molecule has 1 heterocycles. The number of rotatable bonds is 6. The van der Waals surface area contributed by atoms with Gasteiger partial charge in [-0.25, -0.2) is 0 Å². The Morgan fingerprint density at radius 3 is 2.12 bits per heavy atom. The number of nitrogens with zero attached hydrogens (tertiary/aromatic N) is 1. The Labute approximate surface area is 153 Å². The van der Waals surface area contributed by atoms with Crippen molar-refractivity contribution in [3.05, 3.63) is 42.6 Å². The fourth-order valence-corrected chi connectivity index (χ4v) is 4.26. The van der Waals surface area contributed by atoms with E-state index in [0.29, 0.717) is 17.2 Å². The molecule has 0 radical (unpaired) electrons. The molecule has 0 fully saturated rings. The van der Waals surface area contributed by atoms with Gasteiger partial charge in [0.15, 0.2) is 0 Å². The van der Waals surface area contributed by atoms with E-state index in [1.165, 1.54) is 4.44 Å². The fraction of sp³-hybridized carbons (Fsp3) is 0.211. The zero-order valence-electron chi connectivity index (χ0n) is 14.5. The van der Waals surface area contributed by atoms with E-state index in [-0.39, 0.29) is 14.7 Å². The van der Waals surface area contributed by atoms with E-state index in [1.807, 2.05) is 36.5 Å². The van der Waals surface area contributed by atoms with Crippen molar-refractivity contribution in [2.75, 3.05) is 28.4 Å². The van der Waals surface area contributed by atoms with E-state index in [4.69, 9.17) is 18.9 Å². The molecule has 0 saturated carbocycles. The van der Waals surface area contributed by atoms with Gasteiger partial charge in [0, 0.05) is 0 Å². The molecule has 0 saturated heterocycles. The summed E-state index contributed by atoms with van der Waals surface area (Å²) in [6.45, 7) is 0. The molecule has 0 bridgehead atoms. The SMILES string of the molecule is COc1cccc(-c2[se]ncc2-c2cc(OC)c(OC)c(OC)c2)c1. The second-order valence-electron chi connectivity index (χ2n) is 5.21. The molecule has 0 aliphatic carbocycles. The second kappa shape index (κ2) is 7.64. The zero-order valence-corrected chi connectivity index (χ0v) is 16.2. The van der Waals surface area contributed by atoms with Crippen LogP contribution in [-0.2, 0) is 0 Å². The van der Waals surface area contributed by atoms with E-state index in [0.717, 1.165) is 22.4 Å². The van der Waals surface area contributed by atoms with Crippen LogP contribution in [-0.4, -0.2) is 47.2 Å². The van der Waals surface area contributed by atoms with Gasteiger partial charge in [-0.3, -0.25) is 0 Å². The predicted molar refractivity (Wildman–Crippen MR) is 98.3 cm³/mol. The third-order valence-corrected chi connectivity index (χ3v) is 5.66. The fourth-order valence-electron chi connectivity index (χ4n) is 2.65. The molecule has 5 nitrogen and oxygen atoms in total. The zero-order chi connectivity index (χ0) is 17.8. The molecule has 6 heteroatoms. The number of methoxy groups -OCH3 is 4. The molecule has 0 aliphatic rings. The molecule has 1 aromatic heterocycles. The average Bonchev–Trinajstić information content (AvgIpc) is 3.16. The molecular formula is C19H19NO4Se. The quantitative estimate of drug-likeness (QED) is 0.589. The van der Waals surface area contributed by atoms with E-state index >= 15 is 0 Å². The maximum absolute atomic E-state index is 5.47. The number of hydrogen-bond donors (Lipinski definition) is 0. The van der Waals surface area contributed by atoms with Gasteiger partial charge in [0.25, 0.3) is 0 Å². The van der Waals surface area contributed by atoms with Crippen LogP contribution < -0.4 is 18.9 Å². The molecule has 130 valence electrons. The summed E-state index contributed by atoms with van der Waals surface area (Å²) < 4.78 is 27.4. The van der Waals surface area contributed by atoms with Crippen LogP contribution in [0, 0.1) is 0 Å². The summed E-state index contributed by atoms with van der Waals surface area (Å²) >= 11 is 0.0160. The van der Waals surface area contributed by atoms with Gasteiger partial charge in [0.1, 0.15) is 0 Å². The van der Waals surface area contributed by atoms with Crippen molar-refractivity contribution in [1.29, 1.82) is 0 Å². The summed E-state index contributed by atoms with van der Waals surface area (Å²) in [6.07, 6.45) is 1.91. The predicted octanol–water partition coefficient (Wildman–Crippen LogP) is 3.51. The van der Waals surface area contributed by atoms with Crippen LogP contribution in [0.15, 0.2) is 42.6 Å². The van der Waals surface area contributed by atoms with Gasteiger partial charge < -0.3 is 0 Å². The third kappa shape index (κ3) is 3.36. The van der Waals surface area contributed by atoms with E-state index in [1.54, 1.807) is 28.4 Å². The van der Waals surface area contributed by atoms with Crippen LogP contribution >= 0.6 is 0 Å². The van der Waals surface area contributed by atoms with Gasteiger partial charge >= 0.3 is 153 Å². The first-order valence-corrected chi connectivity index (χ1v) is 9.23. The summed E-state index contributed by atoms with van der Waals surface area (Å²) in [5.41, 5.74) is 3.16. The van der Waals surface area contributed by atoms with Crippen LogP contribution in [0.4, 0.5) is 0 Å². The van der Waals surface area contributed by atoms with Crippen molar-refractivity contribution >= 4 is 14.7 Å². The summed E-state index contributed by atoms with van der Waals surface area (Å²) in [5.74, 6) is 2.67. The van der Waals surface area contributed by atoms with Crippen LogP contribution in [0.25, 0.3) is 21.1 Å². The first-order valence-electron chi connectivity index (χ1n) is 7.61. The number of ether oxygens (including phenoxy) is 4. The molecule has 2 aromatic carbocycles. The Hall–Kier alpha value is -2.43. The Bertz CT molecular complexity index is 850. The van der Waals surface area contributed by atoms with Gasteiger partial charge in [-0.15, -0.1) is 0 Å². The van der Waals surface area contributed by atoms with Crippen molar-refractivity contribution in [2.24, 2.45) is 0 Å². The Balaban J connectivity index is 2.14. The Morgan fingerprint density at radius 1 is 0.800 bits per heavy atom. The van der Waals surface area contributed by atoms with E-state index < -0.39 is 0 Å². The van der Waals surface area contributed by atoms with Crippen molar-refractivity contribution in [3.63, 3.8) is 0 Å². The molecule has 0 N–H and O–H groups in total. The van der Waals surface area contributed by atoms with Crippen molar-refractivity contribution in [3.8, 4) is 44.1 Å². The standard InChI is InChI=1S/C19H19NO4Se/c1-21-14-7-5-6-12(8-14)19-15(11-20-25-19)13-9-16(22-2)18(24-4)17(10-13)23-3/h5-11H,1-4H3. The number of aromatic nitrogens is 1. The van der Waals surface area contributed by atoms with E-state index in [9.17, 15) is 0 Å². The summed E-state index contributed by atoms with van der Waals surface area (Å²) in [6, 6.07) is 11.9. The van der Waals surface area contributed by atoms with Gasteiger partial charge in [-0.2, -0.15) is 0 Å². The summed E-state index contributed by atoms with van der Waals surface area (Å²) in [7, 11) is 6.50. The van der Waals surface area contributed by atoms with Gasteiger partial charge in [0.2, 0.25) is 0 Å². The molecule has 0 aliphatic heterocycles. The van der Waals surface area contributed by atoms with Crippen LogP contribution in [0.2, 0.25) is 0 Å². The van der Waals surface area contributed by atoms with Crippen LogP contribution in [0.3, 0.4) is 0 Å². The topological polar surface area (TPSA) is 49.8 Å². The summed E-state index contributed by atoms with van der Waals surface area (Å²) in [4.78, 5) is 0. The Kier molecular flexibility index (Phi) is 5.31. The normalized spacial score (nSPS) is 10.4. The second-order valence-corrected chi connectivity index (χ2v) is 6.90. The first-order chi connectivity index (χ1) is 12.2. The molecule has 0 spiro atoms. The Morgan fingerprint density at radius 2 is 1.52 bits per heavy atom. The molecule has 0 amide bonds. The number of benzene rings is 2. The van der Waals surface area contributed by atoms with Crippen molar-refractivity contribution < 1.29 is 18.9 Å². The maximum atomic E-state index is 5.47. The van der Waals surface area contributed by atoms with Crippen molar-refractivity contribution in [1.82, 2.24) is 3.98 Å². The molecule has 0 unspecified atom stereocenters. The molecular weight excluding hydrogens is 385 g/mol.